The first-order valence-electron chi connectivity index (χ1n) is 8.15. The molecule has 0 spiro atoms. The van der Waals surface area contributed by atoms with Gasteiger partial charge in [-0.05, 0) is 11.5 Å². The number of carbonyl (C=O) groups is 3. The number of rotatable bonds is 9. The molecule has 1 heterocycles. The second-order valence-corrected chi connectivity index (χ2v) is 7.20. The quantitative estimate of drug-likeness (QED) is 0.580. The van der Waals surface area contributed by atoms with Crippen molar-refractivity contribution in [2.24, 2.45) is 5.92 Å². The van der Waals surface area contributed by atoms with E-state index < -0.39 is 24.0 Å². The van der Waals surface area contributed by atoms with E-state index in [1.54, 1.807) is 0 Å². The molecule has 138 valence electrons. The Morgan fingerprint density at radius 2 is 1.96 bits per heavy atom. The lowest BCUT2D eigenvalue weighted by Gasteiger charge is -2.23. The first-order valence-corrected chi connectivity index (χ1v) is 8.97. The van der Waals surface area contributed by atoms with E-state index >= 15 is 0 Å². The van der Waals surface area contributed by atoms with E-state index in [0.717, 1.165) is 16.9 Å². The van der Waals surface area contributed by atoms with Crippen LogP contribution in [0.5, 0.6) is 0 Å². The number of thiazole rings is 1. The van der Waals surface area contributed by atoms with Gasteiger partial charge in [-0.3, -0.25) is 9.59 Å². The Labute approximate surface area is 155 Å². The number of hydrogen-bond acceptors (Lipinski definition) is 6. The number of aliphatic carboxylic acids is 1. The van der Waals surface area contributed by atoms with Crippen molar-refractivity contribution in [1.82, 2.24) is 10.3 Å². The lowest BCUT2D eigenvalue weighted by molar-refractivity contribution is -0.142. The maximum Gasteiger partial charge on any atom is 0.326 e. The molecule has 2 rings (SSSR count). The molecule has 8 heteroatoms. The highest BCUT2D eigenvalue weighted by atomic mass is 32.1. The Morgan fingerprint density at radius 3 is 2.50 bits per heavy atom. The number of hydrogen-bond donors (Lipinski definition) is 3. The van der Waals surface area contributed by atoms with Gasteiger partial charge in [-0.15, -0.1) is 0 Å². The van der Waals surface area contributed by atoms with Gasteiger partial charge in [0.2, 0.25) is 5.91 Å². The van der Waals surface area contributed by atoms with E-state index in [9.17, 15) is 19.5 Å². The standard InChI is InChI=1S/C18H21N3O4S/c1-11(2)15(21-18-19-9-13(10-22)26-18)16(23)20-14(17(24)25)8-12-6-4-3-5-7-12/h3-7,9-11,14-15H,8H2,1-2H3,(H,19,21)(H,20,23)(H,24,25)/t14-,15?/m0/s1. The summed E-state index contributed by atoms with van der Waals surface area (Å²) in [7, 11) is 0. The molecule has 0 aliphatic rings. The Balaban J connectivity index is 2.08. The number of amides is 1. The number of carbonyl (C=O) groups excluding carboxylic acids is 2. The lowest BCUT2D eigenvalue weighted by atomic mass is 10.0. The number of carboxylic acid groups (broad SMARTS) is 1. The van der Waals surface area contributed by atoms with Gasteiger partial charge >= 0.3 is 5.97 Å². The second-order valence-electron chi connectivity index (χ2n) is 6.14. The summed E-state index contributed by atoms with van der Waals surface area (Å²) in [6.45, 7) is 3.69. The van der Waals surface area contributed by atoms with Crippen LogP contribution < -0.4 is 10.6 Å². The minimum Gasteiger partial charge on any atom is -0.480 e. The van der Waals surface area contributed by atoms with Gasteiger partial charge in [-0.2, -0.15) is 0 Å². The maximum absolute atomic E-state index is 12.6. The average molecular weight is 375 g/mol. The van der Waals surface area contributed by atoms with Crippen LogP contribution in [0.1, 0.15) is 29.1 Å². The smallest absolute Gasteiger partial charge is 0.326 e. The predicted molar refractivity (Wildman–Crippen MR) is 99.5 cm³/mol. The molecule has 2 aromatic rings. The number of aromatic nitrogens is 1. The summed E-state index contributed by atoms with van der Waals surface area (Å²) in [4.78, 5) is 39.5. The summed E-state index contributed by atoms with van der Waals surface area (Å²) < 4.78 is 0. The van der Waals surface area contributed by atoms with Gasteiger partial charge in [0.05, 0.1) is 11.1 Å². The summed E-state index contributed by atoms with van der Waals surface area (Å²) in [6, 6.07) is 7.42. The maximum atomic E-state index is 12.6. The third-order valence-electron chi connectivity index (χ3n) is 3.77. The molecule has 1 amide bonds. The molecule has 0 radical (unpaired) electrons. The first kappa shape index (κ1) is 19.6. The molecule has 0 aliphatic carbocycles. The van der Waals surface area contributed by atoms with Crippen LogP contribution >= 0.6 is 11.3 Å². The molecular weight excluding hydrogens is 354 g/mol. The molecule has 0 aliphatic heterocycles. The highest BCUT2D eigenvalue weighted by molar-refractivity contribution is 7.17. The van der Waals surface area contributed by atoms with Crippen LogP contribution in [-0.2, 0) is 16.0 Å². The van der Waals surface area contributed by atoms with E-state index in [1.807, 2.05) is 44.2 Å². The number of nitrogens with one attached hydrogen (secondary N) is 2. The van der Waals surface area contributed by atoms with E-state index in [-0.39, 0.29) is 12.3 Å². The SMILES string of the molecule is CC(C)C(Nc1ncc(C=O)s1)C(=O)N[C@@H](Cc1ccccc1)C(=O)O. The van der Waals surface area contributed by atoms with Crippen LogP contribution in [-0.4, -0.2) is 40.3 Å². The molecule has 7 nitrogen and oxygen atoms in total. The molecule has 2 atom stereocenters. The monoisotopic (exact) mass is 375 g/mol. The molecule has 1 aromatic carbocycles. The van der Waals surface area contributed by atoms with Crippen molar-refractivity contribution >= 4 is 34.6 Å². The number of nitrogens with zero attached hydrogens (tertiary/aromatic N) is 1. The number of carboxylic acids is 1. The Kier molecular flexibility index (Phi) is 6.85. The largest absolute Gasteiger partial charge is 0.480 e. The first-order chi connectivity index (χ1) is 12.4. The van der Waals surface area contributed by atoms with E-state index in [0.29, 0.717) is 16.3 Å². The number of benzene rings is 1. The van der Waals surface area contributed by atoms with E-state index in [4.69, 9.17) is 0 Å². The van der Waals surface area contributed by atoms with Gasteiger partial charge in [0.25, 0.3) is 0 Å². The van der Waals surface area contributed by atoms with Gasteiger partial charge in [-0.25, -0.2) is 9.78 Å². The summed E-state index contributed by atoms with van der Waals surface area (Å²) in [5, 5.41) is 15.5. The molecule has 26 heavy (non-hydrogen) atoms. The van der Waals surface area contributed by atoms with E-state index in [2.05, 4.69) is 15.6 Å². The van der Waals surface area contributed by atoms with Gasteiger partial charge in [-0.1, -0.05) is 55.5 Å². The van der Waals surface area contributed by atoms with Crippen molar-refractivity contribution in [2.75, 3.05) is 5.32 Å². The fourth-order valence-electron chi connectivity index (χ4n) is 2.39. The normalized spacial score (nSPS) is 13.0. The Bertz CT molecular complexity index is 761. The summed E-state index contributed by atoms with van der Waals surface area (Å²) in [6.07, 6.45) is 2.30. The van der Waals surface area contributed by atoms with Crippen molar-refractivity contribution in [1.29, 1.82) is 0 Å². The van der Waals surface area contributed by atoms with Gasteiger partial charge in [0.1, 0.15) is 12.1 Å². The highest BCUT2D eigenvalue weighted by Crippen LogP contribution is 2.19. The van der Waals surface area contributed by atoms with Gasteiger partial charge < -0.3 is 15.7 Å². The Hall–Kier alpha value is -2.74. The third kappa shape index (κ3) is 5.38. The van der Waals surface area contributed by atoms with Crippen LogP contribution in [0.3, 0.4) is 0 Å². The molecule has 0 fully saturated rings. The summed E-state index contributed by atoms with van der Waals surface area (Å²) in [5.74, 6) is -1.63. The fourth-order valence-corrected chi connectivity index (χ4v) is 3.06. The molecule has 0 saturated carbocycles. The molecule has 3 N–H and O–H groups in total. The molecule has 1 aromatic heterocycles. The van der Waals surface area contributed by atoms with Gasteiger partial charge in [0, 0.05) is 6.42 Å². The van der Waals surface area contributed by atoms with Crippen molar-refractivity contribution in [3.05, 3.63) is 47.0 Å². The fraction of sp³-hybridized carbons (Fsp3) is 0.333. The zero-order valence-corrected chi connectivity index (χ0v) is 15.3. The summed E-state index contributed by atoms with van der Waals surface area (Å²) >= 11 is 1.14. The lowest BCUT2D eigenvalue weighted by Crippen LogP contribution is -2.50. The highest BCUT2D eigenvalue weighted by Gasteiger charge is 2.28. The minimum absolute atomic E-state index is 0.107. The number of aldehydes is 1. The van der Waals surface area contributed by atoms with Crippen molar-refractivity contribution in [3.63, 3.8) is 0 Å². The van der Waals surface area contributed by atoms with Crippen LogP contribution in [0.4, 0.5) is 5.13 Å². The molecule has 1 unspecified atom stereocenters. The molecule has 0 saturated heterocycles. The summed E-state index contributed by atoms with van der Waals surface area (Å²) in [5.41, 5.74) is 0.824. The van der Waals surface area contributed by atoms with Crippen molar-refractivity contribution in [2.45, 2.75) is 32.4 Å². The zero-order valence-electron chi connectivity index (χ0n) is 14.5. The third-order valence-corrected chi connectivity index (χ3v) is 4.62. The predicted octanol–water partition coefficient (Wildman–Crippen LogP) is 2.20. The minimum atomic E-state index is -1.10. The molecule has 0 bridgehead atoms. The van der Waals surface area contributed by atoms with Crippen molar-refractivity contribution in [3.8, 4) is 0 Å². The Morgan fingerprint density at radius 1 is 1.27 bits per heavy atom. The number of anilines is 1. The topological polar surface area (TPSA) is 108 Å². The molecular formula is C18H21N3O4S. The van der Waals surface area contributed by atoms with Crippen LogP contribution in [0.15, 0.2) is 36.5 Å². The van der Waals surface area contributed by atoms with Gasteiger partial charge in [0.15, 0.2) is 11.4 Å². The van der Waals surface area contributed by atoms with E-state index in [1.165, 1.54) is 6.20 Å². The van der Waals surface area contributed by atoms with Crippen molar-refractivity contribution < 1.29 is 19.5 Å². The van der Waals surface area contributed by atoms with Crippen LogP contribution in [0.25, 0.3) is 0 Å². The van der Waals surface area contributed by atoms with Crippen LogP contribution in [0.2, 0.25) is 0 Å². The van der Waals surface area contributed by atoms with Crippen LogP contribution in [0, 0.1) is 5.92 Å². The zero-order chi connectivity index (χ0) is 19.1. The second kappa shape index (κ2) is 9.10. The average Bonchev–Trinajstić information content (AvgIpc) is 3.07.